The first-order chi connectivity index (χ1) is 13.8. The Hall–Kier alpha value is -3.23. The molecule has 0 aliphatic rings. The fraction of sp³-hybridized carbons (Fsp3) is 0.143. The third-order valence-electron chi connectivity index (χ3n) is 4.33. The summed E-state index contributed by atoms with van der Waals surface area (Å²) in [6.07, 6.45) is -0.673. The van der Waals surface area contributed by atoms with E-state index in [0.717, 1.165) is 16.3 Å². The largest absolute Gasteiger partial charge is 0.481 e. The Morgan fingerprint density at radius 3 is 2.24 bits per heavy atom. The molecular formula is C21H20N2O5S. The molecule has 0 aliphatic carbocycles. The van der Waals surface area contributed by atoms with Crippen molar-refractivity contribution in [2.75, 3.05) is 0 Å². The second kappa shape index (κ2) is 8.85. The summed E-state index contributed by atoms with van der Waals surface area (Å²) in [5, 5.41) is 13.3. The second-order valence-corrected chi connectivity index (χ2v) is 8.20. The number of benzene rings is 3. The highest BCUT2D eigenvalue weighted by Gasteiger charge is 2.28. The lowest BCUT2D eigenvalue weighted by Gasteiger charge is -2.17. The van der Waals surface area contributed by atoms with Crippen molar-refractivity contribution in [1.29, 1.82) is 0 Å². The summed E-state index contributed by atoms with van der Waals surface area (Å²) >= 11 is 0. The Morgan fingerprint density at radius 2 is 1.55 bits per heavy atom. The normalized spacial score (nSPS) is 12.4. The van der Waals surface area contributed by atoms with Crippen molar-refractivity contribution >= 4 is 32.7 Å². The average molecular weight is 412 g/mol. The number of amides is 1. The standard InChI is InChI=1S/C21H20N2O5S/c24-20(25)13-19(21(26)22-14-15-6-2-1-3-7-15)23-29(27,28)18-11-10-16-8-4-5-9-17(16)12-18/h1-12,19,23H,13-14H2,(H,22,26)(H,24,25)/t19-/m1/s1. The highest BCUT2D eigenvalue weighted by Crippen LogP contribution is 2.19. The number of sulfonamides is 1. The third-order valence-corrected chi connectivity index (χ3v) is 5.80. The molecular weight excluding hydrogens is 392 g/mol. The van der Waals surface area contributed by atoms with Crippen LogP contribution in [0.3, 0.4) is 0 Å². The molecule has 0 saturated heterocycles. The quantitative estimate of drug-likeness (QED) is 0.525. The molecule has 1 amide bonds. The van der Waals surface area contributed by atoms with E-state index >= 15 is 0 Å². The number of carbonyl (C=O) groups is 2. The van der Waals surface area contributed by atoms with E-state index in [9.17, 15) is 18.0 Å². The van der Waals surface area contributed by atoms with Crippen LogP contribution in [0.15, 0.2) is 77.7 Å². The molecule has 3 aromatic carbocycles. The van der Waals surface area contributed by atoms with Crippen molar-refractivity contribution in [3.8, 4) is 0 Å². The van der Waals surface area contributed by atoms with Crippen LogP contribution in [-0.2, 0) is 26.2 Å². The number of fused-ring (bicyclic) bond motifs is 1. The second-order valence-electron chi connectivity index (χ2n) is 6.48. The van der Waals surface area contributed by atoms with Gasteiger partial charge in [-0.3, -0.25) is 9.59 Å². The molecule has 0 spiro atoms. The zero-order chi connectivity index (χ0) is 20.9. The molecule has 0 aromatic heterocycles. The number of carboxylic acid groups (broad SMARTS) is 1. The maximum absolute atomic E-state index is 12.8. The lowest BCUT2D eigenvalue weighted by Crippen LogP contribution is -2.47. The van der Waals surface area contributed by atoms with Crippen LogP contribution in [0.5, 0.6) is 0 Å². The molecule has 8 heteroatoms. The van der Waals surface area contributed by atoms with Gasteiger partial charge < -0.3 is 10.4 Å². The van der Waals surface area contributed by atoms with Crippen LogP contribution < -0.4 is 10.0 Å². The fourth-order valence-electron chi connectivity index (χ4n) is 2.86. The van der Waals surface area contributed by atoms with Crippen LogP contribution >= 0.6 is 0 Å². The summed E-state index contributed by atoms with van der Waals surface area (Å²) in [6, 6.07) is 19.4. The monoisotopic (exact) mass is 412 g/mol. The maximum Gasteiger partial charge on any atom is 0.305 e. The number of hydrogen-bond acceptors (Lipinski definition) is 4. The third kappa shape index (κ3) is 5.40. The van der Waals surface area contributed by atoms with Gasteiger partial charge in [0.25, 0.3) is 0 Å². The van der Waals surface area contributed by atoms with Gasteiger partial charge in [0.1, 0.15) is 6.04 Å². The Bertz CT molecular complexity index is 1130. The predicted molar refractivity (Wildman–Crippen MR) is 109 cm³/mol. The van der Waals surface area contributed by atoms with Gasteiger partial charge in [0, 0.05) is 6.54 Å². The topological polar surface area (TPSA) is 113 Å². The van der Waals surface area contributed by atoms with E-state index in [4.69, 9.17) is 5.11 Å². The van der Waals surface area contributed by atoms with Crippen LogP contribution in [-0.4, -0.2) is 31.4 Å². The van der Waals surface area contributed by atoms with Gasteiger partial charge in [-0.15, -0.1) is 0 Å². The molecule has 0 fully saturated rings. The predicted octanol–water partition coefficient (Wildman–Crippen LogP) is 2.28. The number of hydrogen-bond donors (Lipinski definition) is 3. The molecule has 3 rings (SSSR count). The van der Waals surface area contributed by atoms with Crippen molar-refractivity contribution in [2.45, 2.75) is 23.9 Å². The first kappa shape index (κ1) is 20.5. The highest BCUT2D eigenvalue weighted by atomic mass is 32.2. The minimum Gasteiger partial charge on any atom is -0.481 e. The molecule has 0 saturated carbocycles. The fourth-order valence-corrected chi connectivity index (χ4v) is 4.09. The first-order valence-corrected chi connectivity index (χ1v) is 10.4. The van der Waals surface area contributed by atoms with E-state index in [1.165, 1.54) is 12.1 Å². The number of nitrogens with one attached hydrogen (secondary N) is 2. The molecule has 0 bridgehead atoms. The van der Waals surface area contributed by atoms with Crippen molar-refractivity contribution in [3.63, 3.8) is 0 Å². The van der Waals surface area contributed by atoms with Crippen molar-refractivity contribution in [2.24, 2.45) is 0 Å². The van der Waals surface area contributed by atoms with E-state index in [1.54, 1.807) is 42.5 Å². The van der Waals surface area contributed by atoms with E-state index in [0.29, 0.717) is 0 Å². The average Bonchev–Trinajstić information content (AvgIpc) is 2.71. The van der Waals surface area contributed by atoms with Crippen LogP contribution in [0.2, 0.25) is 0 Å². The maximum atomic E-state index is 12.8. The molecule has 7 nitrogen and oxygen atoms in total. The Balaban J connectivity index is 1.78. The van der Waals surface area contributed by atoms with Gasteiger partial charge in [-0.2, -0.15) is 4.72 Å². The van der Waals surface area contributed by atoms with E-state index in [1.807, 2.05) is 18.2 Å². The first-order valence-electron chi connectivity index (χ1n) is 8.90. The van der Waals surface area contributed by atoms with Gasteiger partial charge in [-0.1, -0.05) is 60.7 Å². The molecule has 0 aliphatic heterocycles. The molecule has 0 heterocycles. The van der Waals surface area contributed by atoms with Gasteiger partial charge >= 0.3 is 5.97 Å². The summed E-state index contributed by atoms with van der Waals surface area (Å²) < 4.78 is 27.7. The molecule has 1 atom stereocenters. The molecule has 29 heavy (non-hydrogen) atoms. The summed E-state index contributed by atoms with van der Waals surface area (Å²) in [4.78, 5) is 23.6. The van der Waals surface area contributed by atoms with Gasteiger partial charge in [0.15, 0.2) is 0 Å². The molecule has 3 N–H and O–H groups in total. The van der Waals surface area contributed by atoms with Crippen molar-refractivity contribution in [3.05, 3.63) is 78.4 Å². The Labute approximate surface area is 168 Å². The van der Waals surface area contributed by atoms with Crippen LogP contribution in [0.4, 0.5) is 0 Å². The Morgan fingerprint density at radius 1 is 0.897 bits per heavy atom. The summed E-state index contributed by atoms with van der Waals surface area (Å²) in [5.41, 5.74) is 0.812. The SMILES string of the molecule is O=C(O)C[C@@H](NS(=O)(=O)c1ccc2ccccc2c1)C(=O)NCc1ccccc1. The number of carbonyl (C=O) groups excluding carboxylic acids is 1. The van der Waals surface area contributed by atoms with Crippen LogP contribution in [0.25, 0.3) is 10.8 Å². The van der Waals surface area contributed by atoms with E-state index in [2.05, 4.69) is 10.0 Å². The van der Waals surface area contributed by atoms with Gasteiger partial charge in [-0.25, -0.2) is 8.42 Å². The molecule has 0 unspecified atom stereocenters. The van der Waals surface area contributed by atoms with E-state index < -0.39 is 34.4 Å². The van der Waals surface area contributed by atoms with E-state index in [-0.39, 0.29) is 11.4 Å². The minimum absolute atomic E-state index is 0.0394. The number of aliphatic carboxylic acids is 1. The zero-order valence-electron chi connectivity index (χ0n) is 15.4. The summed E-state index contributed by atoms with van der Waals surface area (Å²) in [6.45, 7) is 0.160. The van der Waals surface area contributed by atoms with Gasteiger partial charge in [0.2, 0.25) is 15.9 Å². The number of rotatable bonds is 8. The lowest BCUT2D eigenvalue weighted by molar-refractivity contribution is -0.139. The molecule has 0 radical (unpaired) electrons. The summed E-state index contributed by atoms with van der Waals surface area (Å²) in [7, 11) is -4.10. The highest BCUT2D eigenvalue weighted by molar-refractivity contribution is 7.89. The smallest absolute Gasteiger partial charge is 0.305 e. The molecule has 3 aromatic rings. The summed E-state index contributed by atoms with van der Waals surface area (Å²) in [5.74, 6) is -1.99. The number of carboxylic acids is 1. The van der Waals surface area contributed by atoms with Crippen molar-refractivity contribution in [1.82, 2.24) is 10.0 Å². The molecule has 150 valence electrons. The van der Waals surface area contributed by atoms with Gasteiger partial charge in [0.05, 0.1) is 11.3 Å². The lowest BCUT2D eigenvalue weighted by atomic mass is 10.1. The van der Waals surface area contributed by atoms with Crippen LogP contribution in [0.1, 0.15) is 12.0 Å². The minimum atomic E-state index is -4.10. The van der Waals surface area contributed by atoms with Crippen LogP contribution in [0, 0.1) is 0 Å². The zero-order valence-corrected chi connectivity index (χ0v) is 16.2. The van der Waals surface area contributed by atoms with Crippen molar-refractivity contribution < 1.29 is 23.1 Å². The Kier molecular flexibility index (Phi) is 6.26. The van der Waals surface area contributed by atoms with Gasteiger partial charge in [-0.05, 0) is 28.5 Å².